The van der Waals surface area contributed by atoms with Gasteiger partial charge in [0.25, 0.3) is 0 Å². The number of benzene rings is 2. The molecule has 1 fully saturated rings. The van der Waals surface area contributed by atoms with Gasteiger partial charge in [0.2, 0.25) is 5.91 Å². The van der Waals surface area contributed by atoms with E-state index < -0.39 is 0 Å². The lowest BCUT2D eigenvalue weighted by Crippen LogP contribution is -2.30. The van der Waals surface area contributed by atoms with Gasteiger partial charge in [-0.25, -0.2) is 4.98 Å². The number of hydrogen-bond donors (Lipinski definition) is 2. The second kappa shape index (κ2) is 10.6. The highest BCUT2D eigenvalue weighted by Crippen LogP contribution is 2.43. The molecule has 0 aliphatic carbocycles. The summed E-state index contributed by atoms with van der Waals surface area (Å²) in [6.45, 7) is 1.96. The van der Waals surface area contributed by atoms with Gasteiger partial charge in [-0.2, -0.15) is 0 Å². The van der Waals surface area contributed by atoms with Gasteiger partial charge < -0.3 is 20.3 Å². The molecule has 0 spiro atoms. The summed E-state index contributed by atoms with van der Waals surface area (Å²) in [5.74, 6) is -0.200. The summed E-state index contributed by atoms with van der Waals surface area (Å²) < 4.78 is 8.22. The highest BCUT2D eigenvalue weighted by Gasteiger charge is 2.42. The number of hydrogen-bond acceptors (Lipinski definition) is 6. The Bertz CT molecular complexity index is 1630. The van der Waals surface area contributed by atoms with E-state index in [-0.39, 0.29) is 24.6 Å². The second-order valence-corrected chi connectivity index (χ2v) is 10.6. The molecule has 2 atom stereocenters. The number of nitrogens with one attached hydrogen (secondary N) is 2. The lowest BCUT2D eigenvalue weighted by atomic mass is 10.0. The maximum atomic E-state index is 12.1. The molecule has 10 heteroatoms. The van der Waals surface area contributed by atoms with E-state index in [1.54, 1.807) is 17.5 Å². The maximum Gasteiger partial charge on any atom is 0.250 e. The number of nitrogens with zero attached hydrogens (tertiary/aromatic N) is 4. The Labute approximate surface area is 235 Å². The molecule has 4 heterocycles. The van der Waals surface area contributed by atoms with Crippen LogP contribution in [0.3, 0.4) is 0 Å². The molecule has 196 valence electrons. The van der Waals surface area contributed by atoms with E-state index in [0.29, 0.717) is 5.11 Å². The van der Waals surface area contributed by atoms with Crippen molar-refractivity contribution in [3.63, 3.8) is 0 Å². The number of pyridine rings is 1. The van der Waals surface area contributed by atoms with E-state index in [4.69, 9.17) is 21.9 Å². The van der Waals surface area contributed by atoms with Gasteiger partial charge in [0.1, 0.15) is 12.6 Å². The largest absolute Gasteiger partial charge is 0.375 e. The van der Waals surface area contributed by atoms with E-state index >= 15 is 0 Å². The molecule has 1 aliphatic rings. The van der Waals surface area contributed by atoms with Crippen LogP contribution in [-0.2, 0) is 9.53 Å². The Kier molecular flexibility index (Phi) is 6.82. The number of para-hydroxylation sites is 1. The van der Waals surface area contributed by atoms with Crippen LogP contribution in [0.4, 0.5) is 11.4 Å². The average molecular weight is 555 g/mol. The maximum absolute atomic E-state index is 12.1. The molecule has 5 aromatic rings. The molecule has 1 aliphatic heterocycles. The second-order valence-electron chi connectivity index (χ2n) is 9.24. The quantitative estimate of drug-likeness (QED) is 0.255. The summed E-state index contributed by atoms with van der Waals surface area (Å²) in [5.41, 5.74) is 5.46. The normalized spacial score (nSPS) is 17.0. The number of carbonyl (C=O) groups is 1. The van der Waals surface area contributed by atoms with Gasteiger partial charge >= 0.3 is 0 Å². The van der Waals surface area contributed by atoms with Gasteiger partial charge in [0, 0.05) is 30.9 Å². The minimum absolute atomic E-state index is 0.00208. The Morgan fingerprint density at radius 3 is 2.74 bits per heavy atom. The van der Waals surface area contributed by atoms with Gasteiger partial charge in [0.05, 0.1) is 27.6 Å². The summed E-state index contributed by atoms with van der Waals surface area (Å²) in [4.78, 5) is 23.8. The minimum Gasteiger partial charge on any atom is -0.375 e. The van der Waals surface area contributed by atoms with Gasteiger partial charge in [-0.05, 0) is 79.3 Å². The number of aryl methyl sites for hydroxylation is 1. The van der Waals surface area contributed by atoms with Crippen LogP contribution in [-0.4, -0.2) is 39.3 Å². The molecule has 0 unspecified atom stereocenters. The molecule has 1 amide bonds. The molecule has 0 radical (unpaired) electrons. The number of ether oxygens (including phenoxy) is 1. The van der Waals surface area contributed by atoms with Gasteiger partial charge in [-0.3, -0.25) is 14.3 Å². The van der Waals surface area contributed by atoms with Crippen LogP contribution < -0.4 is 15.5 Å². The first-order valence-electron chi connectivity index (χ1n) is 12.5. The number of fused-ring (bicyclic) bond motifs is 1. The van der Waals surface area contributed by atoms with Crippen molar-refractivity contribution in [3.8, 4) is 5.13 Å². The lowest BCUT2D eigenvalue weighted by Gasteiger charge is -2.29. The molecule has 0 saturated carbocycles. The molecule has 2 N–H and O–H groups in total. The third kappa shape index (κ3) is 4.78. The molecule has 2 aromatic carbocycles. The first-order chi connectivity index (χ1) is 19.0. The summed E-state index contributed by atoms with van der Waals surface area (Å²) in [6, 6.07) is 23.7. The van der Waals surface area contributed by atoms with Crippen molar-refractivity contribution in [3.05, 3.63) is 102 Å². The number of anilines is 2. The van der Waals surface area contributed by atoms with E-state index in [9.17, 15) is 4.79 Å². The summed E-state index contributed by atoms with van der Waals surface area (Å²) in [6.07, 6.45) is 3.84. The van der Waals surface area contributed by atoms with Gasteiger partial charge in [-0.1, -0.05) is 29.5 Å². The number of aromatic nitrogens is 3. The van der Waals surface area contributed by atoms with Crippen molar-refractivity contribution in [1.82, 2.24) is 19.9 Å². The highest BCUT2D eigenvalue weighted by atomic mass is 32.1. The predicted octanol–water partition coefficient (Wildman–Crippen LogP) is 5.55. The van der Waals surface area contributed by atoms with E-state index in [0.717, 1.165) is 43.7 Å². The van der Waals surface area contributed by atoms with Crippen LogP contribution in [0.25, 0.3) is 15.3 Å². The first-order valence-corrected chi connectivity index (χ1v) is 13.7. The van der Waals surface area contributed by atoms with Gasteiger partial charge in [0.15, 0.2) is 10.2 Å². The Morgan fingerprint density at radius 1 is 1.13 bits per heavy atom. The van der Waals surface area contributed by atoms with Crippen molar-refractivity contribution in [2.45, 2.75) is 19.0 Å². The average Bonchev–Trinajstić information content (AvgIpc) is 3.66. The fourth-order valence-corrected chi connectivity index (χ4v) is 6.28. The van der Waals surface area contributed by atoms with Crippen molar-refractivity contribution in [2.24, 2.45) is 0 Å². The zero-order valence-electron chi connectivity index (χ0n) is 21.4. The molecule has 6 rings (SSSR count). The Hall–Kier alpha value is -4.12. The number of methoxy groups -OCH3 is 1. The van der Waals surface area contributed by atoms with Crippen LogP contribution in [0, 0.1) is 6.92 Å². The molecule has 8 nitrogen and oxygen atoms in total. The number of rotatable bonds is 7. The zero-order chi connectivity index (χ0) is 26.9. The fourth-order valence-electron chi connectivity index (χ4n) is 4.96. The predicted molar refractivity (Wildman–Crippen MR) is 159 cm³/mol. The van der Waals surface area contributed by atoms with E-state index in [1.165, 1.54) is 7.11 Å². The lowest BCUT2D eigenvalue weighted by molar-refractivity contribution is -0.119. The molecule has 0 bridgehead atoms. The van der Waals surface area contributed by atoms with Crippen LogP contribution >= 0.6 is 23.6 Å². The Balaban J connectivity index is 1.44. The topological polar surface area (TPSA) is 84.3 Å². The van der Waals surface area contributed by atoms with Gasteiger partial charge in [-0.15, -0.1) is 0 Å². The number of carbonyl (C=O) groups excluding carboxylic acids is 1. The molecular formula is C29H26N6O2S2. The fraction of sp³-hybridized carbons (Fsp3) is 0.172. The summed E-state index contributed by atoms with van der Waals surface area (Å²) >= 11 is 7.57. The number of amides is 1. The first kappa shape index (κ1) is 25.2. The standard InChI is InChI=1S/C29H26N6O2S2/c1-18-16-19(12-13-20(18)31-25(36)17-37-2)35-27(26(33-28(35)38)22-9-5-6-14-30-22)23-10-7-15-34(23)29-32-21-8-3-4-11-24(21)39-29/h3-16,26-27H,17H2,1-2H3,(H,31,36)(H,33,38)/t26-,27+/m1/s1. The Morgan fingerprint density at radius 2 is 1.97 bits per heavy atom. The zero-order valence-corrected chi connectivity index (χ0v) is 23.0. The van der Waals surface area contributed by atoms with Crippen LogP contribution in [0.1, 0.15) is 29.0 Å². The molecular weight excluding hydrogens is 528 g/mol. The number of thiocarbonyl (C=S) groups is 1. The minimum atomic E-state index is -0.206. The van der Waals surface area contributed by atoms with Crippen LogP contribution in [0.15, 0.2) is 85.2 Å². The van der Waals surface area contributed by atoms with Crippen molar-refractivity contribution < 1.29 is 9.53 Å². The monoisotopic (exact) mass is 554 g/mol. The SMILES string of the molecule is COCC(=O)Nc1ccc(N2C(=S)N[C@H](c3ccccn3)[C@@H]2c2cccn2-c2nc3ccccc3s2)cc1C. The summed E-state index contributed by atoms with van der Waals surface area (Å²) in [5, 5.41) is 7.92. The third-order valence-corrected chi connectivity index (χ3v) is 8.06. The van der Waals surface area contributed by atoms with Crippen LogP contribution in [0.2, 0.25) is 0 Å². The van der Waals surface area contributed by atoms with E-state index in [1.807, 2.05) is 73.8 Å². The number of thiazole rings is 1. The molecule has 39 heavy (non-hydrogen) atoms. The third-order valence-electron chi connectivity index (χ3n) is 6.71. The smallest absolute Gasteiger partial charge is 0.250 e. The van der Waals surface area contributed by atoms with Crippen molar-refractivity contribution in [2.75, 3.05) is 23.9 Å². The molecule has 3 aromatic heterocycles. The summed E-state index contributed by atoms with van der Waals surface area (Å²) in [7, 11) is 1.50. The highest BCUT2D eigenvalue weighted by molar-refractivity contribution is 7.80. The molecule has 1 saturated heterocycles. The van der Waals surface area contributed by atoms with E-state index in [2.05, 4.69) is 37.2 Å². The van der Waals surface area contributed by atoms with Crippen molar-refractivity contribution in [1.29, 1.82) is 0 Å². The van der Waals surface area contributed by atoms with Crippen molar-refractivity contribution >= 4 is 56.2 Å². The van der Waals surface area contributed by atoms with Crippen LogP contribution in [0.5, 0.6) is 0 Å².